The number of benzene rings is 3. The van der Waals surface area contributed by atoms with E-state index in [4.69, 9.17) is 15.2 Å². The van der Waals surface area contributed by atoms with Gasteiger partial charge in [0.15, 0.2) is 5.78 Å². The van der Waals surface area contributed by atoms with E-state index >= 15 is 0 Å². The minimum atomic E-state index is -0.470. The maximum absolute atomic E-state index is 12.2. The molecule has 1 aliphatic rings. The van der Waals surface area contributed by atoms with Crippen LogP contribution in [0.25, 0.3) is 0 Å². The number of ether oxygens (including phenoxy) is 2. The first-order valence-electron chi connectivity index (χ1n) is 9.87. The smallest absolute Gasteiger partial charge is 0.248 e. The summed E-state index contributed by atoms with van der Waals surface area (Å²) >= 11 is 0. The molecule has 1 aliphatic heterocycles. The molecule has 5 nitrogen and oxygen atoms in total. The number of carbonyl (C=O) groups is 2. The number of ketones is 1. The number of nitrogens with two attached hydrogens (primary N) is 1. The summed E-state index contributed by atoms with van der Waals surface area (Å²) in [6, 6.07) is 18.7. The van der Waals surface area contributed by atoms with E-state index < -0.39 is 12.0 Å². The minimum absolute atomic E-state index is 0.0865. The third kappa shape index (κ3) is 3.66. The fourth-order valence-corrected chi connectivity index (χ4v) is 3.73. The summed E-state index contributed by atoms with van der Waals surface area (Å²) in [6.45, 7) is 4.31. The van der Waals surface area contributed by atoms with Crippen molar-refractivity contribution in [1.82, 2.24) is 0 Å². The van der Waals surface area contributed by atoms with Crippen LogP contribution in [0.3, 0.4) is 0 Å². The van der Waals surface area contributed by atoms with Gasteiger partial charge >= 0.3 is 0 Å². The van der Waals surface area contributed by atoms with Gasteiger partial charge in [-0.25, -0.2) is 0 Å². The Balaban J connectivity index is 1.77. The molecule has 0 radical (unpaired) electrons. The van der Waals surface area contributed by atoms with Gasteiger partial charge in [0.2, 0.25) is 5.91 Å². The second-order valence-corrected chi connectivity index (χ2v) is 7.43. The molecule has 0 aliphatic carbocycles. The molecular weight excluding hydrogens is 378 g/mol. The standard InChI is InChI=1S/C25H23NO4/c1-15-5-3-4-6-19(15)24(17-7-9-18(10-8-17)25(26)28)30-22-12-11-20-21(27)13-14-29-23(20)16(22)2/h3-12,24H,13-14H2,1-2H3,(H2,26,28). The highest BCUT2D eigenvalue weighted by molar-refractivity contribution is 6.00. The number of carbonyl (C=O) groups excluding carboxylic acids is 2. The molecule has 152 valence electrons. The highest BCUT2D eigenvalue weighted by Gasteiger charge is 2.25. The first kappa shape index (κ1) is 19.7. The molecule has 0 aromatic heterocycles. The van der Waals surface area contributed by atoms with Gasteiger partial charge in [-0.3, -0.25) is 9.59 Å². The fraction of sp³-hybridized carbons (Fsp3) is 0.200. The van der Waals surface area contributed by atoms with Crippen molar-refractivity contribution in [2.24, 2.45) is 5.73 Å². The summed E-state index contributed by atoms with van der Waals surface area (Å²) in [7, 11) is 0. The summed E-state index contributed by atoms with van der Waals surface area (Å²) in [5.74, 6) is 0.859. The Hall–Kier alpha value is -3.60. The van der Waals surface area contributed by atoms with Gasteiger partial charge in [0.05, 0.1) is 12.2 Å². The van der Waals surface area contributed by atoms with Gasteiger partial charge in [0.1, 0.15) is 17.6 Å². The van der Waals surface area contributed by atoms with Crippen LogP contribution < -0.4 is 15.2 Å². The molecule has 30 heavy (non-hydrogen) atoms. The Kier molecular flexibility index (Phi) is 5.27. The van der Waals surface area contributed by atoms with E-state index in [1.54, 1.807) is 18.2 Å². The Morgan fingerprint density at radius 3 is 2.47 bits per heavy atom. The third-order valence-electron chi connectivity index (χ3n) is 5.45. The lowest BCUT2D eigenvalue weighted by atomic mass is 9.96. The average Bonchev–Trinajstić information content (AvgIpc) is 2.75. The number of amides is 1. The zero-order chi connectivity index (χ0) is 21.3. The number of hydrogen-bond donors (Lipinski definition) is 1. The summed E-state index contributed by atoms with van der Waals surface area (Å²) in [4.78, 5) is 23.6. The predicted octanol–water partition coefficient (Wildman–Crippen LogP) is 4.54. The highest BCUT2D eigenvalue weighted by atomic mass is 16.5. The van der Waals surface area contributed by atoms with Crippen molar-refractivity contribution in [3.63, 3.8) is 0 Å². The average molecular weight is 401 g/mol. The monoisotopic (exact) mass is 401 g/mol. The van der Waals surface area contributed by atoms with Gasteiger partial charge in [-0.15, -0.1) is 0 Å². The fourth-order valence-electron chi connectivity index (χ4n) is 3.73. The van der Waals surface area contributed by atoms with Crippen LogP contribution >= 0.6 is 0 Å². The van der Waals surface area contributed by atoms with Crippen molar-refractivity contribution < 1.29 is 19.1 Å². The van der Waals surface area contributed by atoms with Crippen LogP contribution in [-0.4, -0.2) is 18.3 Å². The van der Waals surface area contributed by atoms with E-state index in [0.717, 1.165) is 22.3 Å². The second-order valence-electron chi connectivity index (χ2n) is 7.43. The van der Waals surface area contributed by atoms with E-state index in [2.05, 4.69) is 0 Å². The molecule has 3 aromatic carbocycles. The third-order valence-corrected chi connectivity index (χ3v) is 5.45. The van der Waals surface area contributed by atoms with Gasteiger partial charge in [0, 0.05) is 17.5 Å². The Labute approximate surface area is 175 Å². The SMILES string of the molecule is Cc1ccccc1C(Oc1ccc2c(c1C)OCCC2=O)c1ccc(C(N)=O)cc1. The number of Topliss-reactive ketones (excluding diaryl/α,β-unsaturated/α-hetero) is 1. The molecule has 0 saturated carbocycles. The molecule has 0 spiro atoms. The molecule has 0 saturated heterocycles. The number of primary amides is 1. The van der Waals surface area contributed by atoms with E-state index in [-0.39, 0.29) is 5.78 Å². The molecule has 1 atom stereocenters. The Morgan fingerprint density at radius 2 is 1.77 bits per heavy atom. The maximum atomic E-state index is 12.2. The van der Waals surface area contributed by atoms with Crippen molar-refractivity contribution in [1.29, 1.82) is 0 Å². The van der Waals surface area contributed by atoms with Crippen molar-refractivity contribution in [2.45, 2.75) is 26.4 Å². The lowest BCUT2D eigenvalue weighted by Crippen LogP contribution is -2.17. The summed E-state index contributed by atoms with van der Waals surface area (Å²) < 4.78 is 12.3. The minimum Gasteiger partial charge on any atom is -0.492 e. The zero-order valence-electron chi connectivity index (χ0n) is 17.0. The summed E-state index contributed by atoms with van der Waals surface area (Å²) in [6.07, 6.45) is -0.00538. The van der Waals surface area contributed by atoms with Crippen molar-refractivity contribution in [3.8, 4) is 11.5 Å². The number of aryl methyl sites for hydroxylation is 1. The van der Waals surface area contributed by atoms with Crippen LogP contribution in [0.4, 0.5) is 0 Å². The number of hydrogen-bond acceptors (Lipinski definition) is 4. The van der Waals surface area contributed by atoms with E-state index in [9.17, 15) is 9.59 Å². The maximum Gasteiger partial charge on any atom is 0.248 e. The van der Waals surface area contributed by atoms with Gasteiger partial charge < -0.3 is 15.2 Å². The molecule has 1 heterocycles. The Bertz CT molecular complexity index is 1120. The molecular formula is C25H23NO4. The van der Waals surface area contributed by atoms with Crippen LogP contribution in [-0.2, 0) is 0 Å². The van der Waals surface area contributed by atoms with Crippen LogP contribution in [0.5, 0.6) is 11.5 Å². The summed E-state index contributed by atoms with van der Waals surface area (Å²) in [5.41, 5.74) is 10.2. The van der Waals surface area contributed by atoms with E-state index in [0.29, 0.717) is 35.7 Å². The molecule has 5 heteroatoms. The molecule has 0 bridgehead atoms. The largest absolute Gasteiger partial charge is 0.492 e. The quantitative estimate of drug-likeness (QED) is 0.681. The topological polar surface area (TPSA) is 78.6 Å². The summed E-state index contributed by atoms with van der Waals surface area (Å²) in [5, 5.41) is 0. The van der Waals surface area contributed by atoms with Crippen molar-refractivity contribution in [2.75, 3.05) is 6.61 Å². The van der Waals surface area contributed by atoms with E-state index in [1.807, 2.05) is 56.3 Å². The van der Waals surface area contributed by atoms with Gasteiger partial charge in [0.25, 0.3) is 0 Å². The van der Waals surface area contributed by atoms with Crippen LogP contribution in [0.2, 0.25) is 0 Å². The van der Waals surface area contributed by atoms with Gasteiger partial charge in [-0.1, -0.05) is 36.4 Å². The van der Waals surface area contributed by atoms with Crippen LogP contribution in [0.1, 0.15) is 55.5 Å². The number of fused-ring (bicyclic) bond motifs is 1. The van der Waals surface area contributed by atoms with Gasteiger partial charge in [-0.05, 0) is 54.8 Å². The first-order valence-corrected chi connectivity index (χ1v) is 9.87. The van der Waals surface area contributed by atoms with E-state index in [1.165, 1.54) is 0 Å². The normalized spacial score (nSPS) is 13.9. The van der Waals surface area contributed by atoms with Crippen LogP contribution in [0, 0.1) is 13.8 Å². The van der Waals surface area contributed by atoms with Crippen molar-refractivity contribution in [3.05, 3.63) is 94.0 Å². The highest BCUT2D eigenvalue weighted by Crippen LogP contribution is 2.38. The lowest BCUT2D eigenvalue weighted by molar-refractivity contribution is 0.0931. The molecule has 3 aromatic rings. The number of rotatable bonds is 5. The van der Waals surface area contributed by atoms with Gasteiger partial charge in [-0.2, -0.15) is 0 Å². The second kappa shape index (κ2) is 8.03. The zero-order valence-corrected chi connectivity index (χ0v) is 17.0. The molecule has 1 amide bonds. The van der Waals surface area contributed by atoms with Crippen LogP contribution in [0.15, 0.2) is 60.7 Å². The molecule has 0 fully saturated rings. The molecule has 1 unspecified atom stereocenters. The molecule has 2 N–H and O–H groups in total. The predicted molar refractivity (Wildman–Crippen MR) is 114 cm³/mol. The van der Waals surface area contributed by atoms with Crippen molar-refractivity contribution >= 4 is 11.7 Å². The first-order chi connectivity index (χ1) is 14.5. The Morgan fingerprint density at radius 1 is 1.03 bits per heavy atom. The molecule has 4 rings (SSSR count). The lowest BCUT2D eigenvalue weighted by Gasteiger charge is -2.25.